The van der Waals surface area contributed by atoms with Crippen LogP contribution in [0.25, 0.3) is 0 Å². The predicted molar refractivity (Wildman–Crippen MR) is 67.5 cm³/mol. The largest absolute Gasteiger partial charge is 0.374 e. The molecule has 0 aromatic carbocycles. The van der Waals surface area contributed by atoms with E-state index in [0.717, 1.165) is 17.9 Å². The van der Waals surface area contributed by atoms with E-state index in [4.69, 9.17) is 4.74 Å². The molecule has 2 saturated carbocycles. The van der Waals surface area contributed by atoms with E-state index in [1.165, 1.54) is 57.8 Å². The fourth-order valence-electron chi connectivity index (χ4n) is 2.98. The molecule has 2 heteroatoms. The lowest BCUT2D eigenvalue weighted by Crippen LogP contribution is -2.33. The van der Waals surface area contributed by atoms with E-state index >= 15 is 0 Å². The Bertz CT molecular complexity index is 181. The summed E-state index contributed by atoms with van der Waals surface area (Å²) in [6, 6.07) is 0. The van der Waals surface area contributed by atoms with Crippen molar-refractivity contribution in [3.63, 3.8) is 0 Å². The van der Waals surface area contributed by atoms with Gasteiger partial charge in [0, 0.05) is 5.33 Å². The molecule has 0 saturated heterocycles. The van der Waals surface area contributed by atoms with Crippen molar-refractivity contribution in [2.45, 2.75) is 63.4 Å². The van der Waals surface area contributed by atoms with Crippen molar-refractivity contribution < 1.29 is 4.74 Å². The second-order valence-corrected chi connectivity index (χ2v) is 5.90. The smallest absolute Gasteiger partial charge is 0.0779 e. The van der Waals surface area contributed by atoms with Crippen LogP contribution in [-0.4, -0.2) is 17.5 Å². The lowest BCUT2D eigenvalue weighted by Gasteiger charge is -2.31. The van der Waals surface area contributed by atoms with E-state index in [9.17, 15) is 0 Å². The average molecular weight is 275 g/mol. The van der Waals surface area contributed by atoms with Gasteiger partial charge in [0.1, 0.15) is 0 Å². The molecule has 0 aliphatic heterocycles. The highest BCUT2D eigenvalue weighted by atomic mass is 79.9. The molecule has 15 heavy (non-hydrogen) atoms. The minimum atomic E-state index is 0.206. The molecule has 0 radical (unpaired) electrons. The van der Waals surface area contributed by atoms with E-state index in [1.54, 1.807) is 0 Å². The molecular formula is C13H23BrO. The number of hydrogen-bond acceptors (Lipinski definition) is 1. The minimum absolute atomic E-state index is 0.206. The summed E-state index contributed by atoms with van der Waals surface area (Å²) in [5.41, 5.74) is 0.206. The van der Waals surface area contributed by atoms with Crippen LogP contribution in [0.1, 0.15) is 57.8 Å². The highest BCUT2D eigenvalue weighted by molar-refractivity contribution is 9.09. The Balaban J connectivity index is 1.75. The third-order valence-corrected chi connectivity index (χ3v) is 5.13. The maximum atomic E-state index is 6.23. The zero-order chi connectivity index (χ0) is 10.6. The van der Waals surface area contributed by atoms with Crippen molar-refractivity contribution in [2.75, 3.05) is 11.9 Å². The molecule has 0 heterocycles. The van der Waals surface area contributed by atoms with Crippen LogP contribution >= 0.6 is 15.9 Å². The molecule has 0 bridgehead atoms. The predicted octanol–water partition coefficient (Wildman–Crippen LogP) is 4.29. The zero-order valence-electron chi connectivity index (χ0n) is 9.64. The zero-order valence-corrected chi connectivity index (χ0v) is 11.2. The van der Waals surface area contributed by atoms with Crippen LogP contribution < -0.4 is 0 Å². The van der Waals surface area contributed by atoms with Gasteiger partial charge in [-0.25, -0.2) is 0 Å². The number of alkyl halides is 1. The van der Waals surface area contributed by atoms with Crippen molar-refractivity contribution in [1.82, 2.24) is 0 Å². The Morgan fingerprint density at radius 3 is 2.27 bits per heavy atom. The van der Waals surface area contributed by atoms with E-state index in [2.05, 4.69) is 15.9 Å². The molecule has 1 nitrogen and oxygen atoms in total. The first-order valence-electron chi connectivity index (χ1n) is 6.55. The fraction of sp³-hybridized carbons (Fsp3) is 1.00. The molecule has 2 fully saturated rings. The number of halogens is 1. The number of ether oxygens (including phenoxy) is 1. The van der Waals surface area contributed by atoms with Crippen molar-refractivity contribution in [3.8, 4) is 0 Å². The highest BCUT2D eigenvalue weighted by Crippen LogP contribution is 2.36. The summed E-state index contributed by atoms with van der Waals surface area (Å²) in [4.78, 5) is 0. The monoisotopic (exact) mass is 274 g/mol. The maximum absolute atomic E-state index is 6.23. The summed E-state index contributed by atoms with van der Waals surface area (Å²) in [6.07, 6.45) is 12.4. The van der Waals surface area contributed by atoms with E-state index in [0.29, 0.717) is 0 Å². The molecule has 0 amide bonds. The van der Waals surface area contributed by atoms with Crippen LogP contribution in [0.3, 0.4) is 0 Å². The summed E-state index contributed by atoms with van der Waals surface area (Å²) >= 11 is 3.63. The molecule has 0 unspecified atom stereocenters. The second-order valence-electron chi connectivity index (χ2n) is 5.34. The van der Waals surface area contributed by atoms with Gasteiger partial charge in [0.25, 0.3) is 0 Å². The SMILES string of the molecule is BrCC1(OCC2CCCCC2)CCCC1. The van der Waals surface area contributed by atoms with Crippen molar-refractivity contribution >= 4 is 15.9 Å². The molecule has 2 rings (SSSR count). The van der Waals surface area contributed by atoms with Gasteiger partial charge in [-0.05, 0) is 31.6 Å². The molecule has 0 N–H and O–H groups in total. The van der Waals surface area contributed by atoms with Gasteiger partial charge in [-0.2, -0.15) is 0 Å². The standard InChI is InChI=1S/C13H23BrO/c14-11-13(8-4-5-9-13)15-10-12-6-2-1-3-7-12/h12H,1-11H2. The van der Waals surface area contributed by atoms with Gasteiger partial charge < -0.3 is 4.74 Å². The Morgan fingerprint density at radius 2 is 1.67 bits per heavy atom. The molecule has 0 spiro atoms. The summed E-state index contributed by atoms with van der Waals surface area (Å²) in [5, 5.41) is 1.03. The van der Waals surface area contributed by atoms with Gasteiger partial charge in [-0.3, -0.25) is 0 Å². The molecule has 0 aromatic rings. The summed E-state index contributed by atoms with van der Waals surface area (Å²) < 4.78 is 6.23. The van der Waals surface area contributed by atoms with Crippen molar-refractivity contribution in [2.24, 2.45) is 5.92 Å². The third-order valence-electron chi connectivity index (χ3n) is 4.11. The molecule has 2 aliphatic carbocycles. The van der Waals surface area contributed by atoms with Crippen LogP contribution in [0.4, 0.5) is 0 Å². The molecule has 0 atom stereocenters. The summed E-state index contributed by atoms with van der Waals surface area (Å²) in [7, 11) is 0. The normalized spacial score (nSPS) is 27.0. The van der Waals surface area contributed by atoms with Crippen LogP contribution in [0.15, 0.2) is 0 Å². The van der Waals surface area contributed by atoms with Gasteiger partial charge in [0.15, 0.2) is 0 Å². The van der Waals surface area contributed by atoms with Gasteiger partial charge in [-0.1, -0.05) is 48.0 Å². The van der Waals surface area contributed by atoms with E-state index in [-0.39, 0.29) is 5.60 Å². The van der Waals surface area contributed by atoms with Crippen LogP contribution in [-0.2, 0) is 4.74 Å². The number of hydrogen-bond donors (Lipinski definition) is 0. The first-order valence-corrected chi connectivity index (χ1v) is 7.67. The van der Waals surface area contributed by atoms with Gasteiger partial charge in [-0.15, -0.1) is 0 Å². The van der Waals surface area contributed by atoms with Crippen LogP contribution in [0.5, 0.6) is 0 Å². The fourth-order valence-corrected chi connectivity index (χ4v) is 3.71. The molecule has 2 aliphatic rings. The first kappa shape index (κ1) is 11.9. The highest BCUT2D eigenvalue weighted by Gasteiger charge is 2.34. The van der Waals surface area contributed by atoms with Gasteiger partial charge in [0.05, 0.1) is 12.2 Å². The molecule has 0 aromatic heterocycles. The van der Waals surface area contributed by atoms with E-state index < -0.39 is 0 Å². The number of rotatable bonds is 4. The first-order chi connectivity index (χ1) is 7.35. The van der Waals surface area contributed by atoms with Crippen molar-refractivity contribution in [1.29, 1.82) is 0 Å². The second kappa shape index (κ2) is 5.67. The quantitative estimate of drug-likeness (QED) is 0.695. The molecule has 88 valence electrons. The van der Waals surface area contributed by atoms with Crippen molar-refractivity contribution in [3.05, 3.63) is 0 Å². The van der Waals surface area contributed by atoms with E-state index in [1.807, 2.05) is 0 Å². The third kappa shape index (κ3) is 3.20. The summed E-state index contributed by atoms with van der Waals surface area (Å²) in [5.74, 6) is 0.857. The lowest BCUT2D eigenvalue weighted by molar-refractivity contribution is -0.0438. The van der Waals surface area contributed by atoms with Crippen LogP contribution in [0, 0.1) is 5.92 Å². The van der Waals surface area contributed by atoms with Gasteiger partial charge in [0.2, 0.25) is 0 Å². The van der Waals surface area contributed by atoms with Gasteiger partial charge >= 0.3 is 0 Å². The average Bonchev–Trinajstić information content (AvgIpc) is 2.77. The maximum Gasteiger partial charge on any atom is 0.0779 e. The molecular weight excluding hydrogens is 252 g/mol. The Hall–Kier alpha value is 0.440. The minimum Gasteiger partial charge on any atom is -0.374 e. The Labute approximate surface area is 102 Å². The van der Waals surface area contributed by atoms with Crippen LogP contribution in [0.2, 0.25) is 0 Å². The lowest BCUT2D eigenvalue weighted by atomic mass is 9.90. The topological polar surface area (TPSA) is 9.23 Å². The summed E-state index contributed by atoms with van der Waals surface area (Å²) in [6.45, 7) is 1.02. The Morgan fingerprint density at radius 1 is 1.00 bits per heavy atom. The Kier molecular flexibility index (Phi) is 4.51.